The van der Waals surface area contributed by atoms with Crippen LogP contribution < -0.4 is 0 Å². The van der Waals surface area contributed by atoms with E-state index in [-0.39, 0.29) is 75.7 Å². The third-order valence-electron chi connectivity index (χ3n) is 5.22. The normalized spacial score (nSPS) is 16.7. The van der Waals surface area contributed by atoms with Gasteiger partial charge in [-0.2, -0.15) is 0 Å². The Bertz CT molecular complexity index is 461. The molecular formula is C24H51O10P. The van der Waals surface area contributed by atoms with Crippen LogP contribution in [0.25, 0.3) is 0 Å². The molecule has 0 amide bonds. The average molecular weight is 531 g/mol. The number of phosphoric acid groups is 1. The van der Waals surface area contributed by atoms with E-state index in [1.165, 1.54) is 0 Å². The molecule has 0 heterocycles. The Hall–Kier alpha value is -0.130. The van der Waals surface area contributed by atoms with E-state index in [4.69, 9.17) is 42.0 Å². The molecule has 0 saturated heterocycles. The number of ether oxygens (including phenoxy) is 6. The smallest absolute Gasteiger partial charge is 0.382 e. The van der Waals surface area contributed by atoms with Gasteiger partial charge >= 0.3 is 7.82 Å². The van der Waals surface area contributed by atoms with Crippen molar-refractivity contribution in [2.45, 2.75) is 59.9 Å². The highest BCUT2D eigenvalue weighted by Crippen LogP contribution is 2.49. The van der Waals surface area contributed by atoms with Crippen LogP contribution in [0.15, 0.2) is 0 Å². The van der Waals surface area contributed by atoms with Crippen LogP contribution in [0.4, 0.5) is 0 Å². The highest BCUT2D eigenvalue weighted by atomic mass is 31.2. The molecular weight excluding hydrogens is 479 g/mol. The number of phosphoric ester groups is 1. The van der Waals surface area contributed by atoms with Crippen LogP contribution in [0.3, 0.4) is 0 Å². The lowest BCUT2D eigenvalue weighted by Crippen LogP contribution is -2.27. The largest absolute Gasteiger partial charge is 0.475 e. The summed E-state index contributed by atoms with van der Waals surface area (Å²) in [5.74, 6) is 0.807. The summed E-state index contributed by atoms with van der Waals surface area (Å²) in [4.78, 5) is 0. The van der Waals surface area contributed by atoms with Crippen molar-refractivity contribution in [1.82, 2.24) is 0 Å². The summed E-state index contributed by atoms with van der Waals surface area (Å²) in [6.45, 7) is 14.5. The van der Waals surface area contributed by atoms with Crippen LogP contribution >= 0.6 is 7.82 Å². The summed E-state index contributed by atoms with van der Waals surface area (Å²) in [5.41, 5.74) is 0. The van der Waals surface area contributed by atoms with Crippen LogP contribution in [0.5, 0.6) is 0 Å². The topological polar surface area (TPSA) is 100 Å². The molecule has 0 bridgehead atoms. The predicted molar refractivity (Wildman–Crippen MR) is 135 cm³/mol. The SMILES string of the molecule is COCC(OCCOP(=O)(OCCOC(COC)C(C)C)OCCOC(COC)C(C)C)C(C)C. The van der Waals surface area contributed by atoms with Gasteiger partial charge in [-0.1, -0.05) is 41.5 Å². The molecule has 0 aromatic carbocycles. The first kappa shape index (κ1) is 34.9. The molecule has 212 valence electrons. The second kappa shape index (κ2) is 20.9. The van der Waals surface area contributed by atoms with E-state index in [0.29, 0.717) is 19.8 Å². The zero-order valence-electron chi connectivity index (χ0n) is 23.4. The van der Waals surface area contributed by atoms with Gasteiger partial charge in [-0.3, -0.25) is 13.6 Å². The van der Waals surface area contributed by atoms with Gasteiger partial charge in [0.05, 0.1) is 77.8 Å². The third-order valence-corrected chi connectivity index (χ3v) is 6.71. The fraction of sp³-hybridized carbons (Fsp3) is 1.00. The maximum Gasteiger partial charge on any atom is 0.475 e. The van der Waals surface area contributed by atoms with E-state index < -0.39 is 7.82 Å². The molecule has 35 heavy (non-hydrogen) atoms. The van der Waals surface area contributed by atoms with E-state index >= 15 is 0 Å². The summed E-state index contributed by atoms with van der Waals surface area (Å²) < 4.78 is 62.8. The monoisotopic (exact) mass is 530 g/mol. The van der Waals surface area contributed by atoms with E-state index in [2.05, 4.69) is 0 Å². The summed E-state index contributed by atoms with van der Waals surface area (Å²) >= 11 is 0. The molecule has 0 rings (SSSR count). The molecule has 0 saturated carbocycles. The fourth-order valence-corrected chi connectivity index (χ4v) is 4.07. The Labute approximate surface area is 213 Å². The van der Waals surface area contributed by atoms with Crippen LogP contribution in [0, 0.1) is 17.8 Å². The second-order valence-corrected chi connectivity index (χ2v) is 10.9. The van der Waals surface area contributed by atoms with Crippen molar-refractivity contribution in [1.29, 1.82) is 0 Å². The molecule has 0 aromatic heterocycles. The van der Waals surface area contributed by atoms with Crippen molar-refractivity contribution in [3.63, 3.8) is 0 Å². The van der Waals surface area contributed by atoms with Gasteiger partial charge in [0, 0.05) is 21.3 Å². The van der Waals surface area contributed by atoms with Crippen LogP contribution in [-0.4, -0.2) is 99.1 Å². The number of hydrogen-bond acceptors (Lipinski definition) is 10. The number of hydrogen-bond donors (Lipinski definition) is 0. The molecule has 0 spiro atoms. The lowest BCUT2D eigenvalue weighted by molar-refractivity contribution is -0.0529. The standard InChI is InChI=1S/C24H51O10P/c1-19(2)22(16-26-7)29-10-13-32-35(25,33-14-11-30-23(17-27-8)20(3)4)34-15-12-31-24(18-28-9)21(5)6/h19-24H,10-18H2,1-9H3. The van der Waals surface area contributed by atoms with E-state index in [1.807, 2.05) is 41.5 Å². The first-order valence-electron chi connectivity index (χ1n) is 12.4. The van der Waals surface area contributed by atoms with Crippen molar-refractivity contribution in [3.05, 3.63) is 0 Å². The highest BCUT2D eigenvalue weighted by Gasteiger charge is 2.28. The van der Waals surface area contributed by atoms with Gasteiger partial charge in [0.15, 0.2) is 0 Å². The van der Waals surface area contributed by atoms with Crippen molar-refractivity contribution < 1.29 is 46.6 Å². The predicted octanol–water partition coefficient (Wildman–Crippen LogP) is 4.21. The Balaban J connectivity index is 4.79. The maximum absolute atomic E-state index is 13.2. The third kappa shape index (κ3) is 17.1. The fourth-order valence-electron chi connectivity index (χ4n) is 2.95. The van der Waals surface area contributed by atoms with Gasteiger partial charge in [0.2, 0.25) is 0 Å². The minimum absolute atomic E-state index is 0.0442. The number of rotatable bonds is 24. The van der Waals surface area contributed by atoms with Crippen molar-refractivity contribution in [2.24, 2.45) is 17.8 Å². The van der Waals surface area contributed by atoms with Crippen molar-refractivity contribution in [2.75, 3.05) is 80.8 Å². The lowest BCUT2D eigenvalue weighted by Gasteiger charge is -2.24. The number of methoxy groups -OCH3 is 3. The Morgan fingerprint density at radius 3 is 0.943 bits per heavy atom. The van der Waals surface area contributed by atoms with E-state index in [0.717, 1.165) is 0 Å². The van der Waals surface area contributed by atoms with Crippen molar-refractivity contribution >= 4 is 7.82 Å². The molecule has 0 N–H and O–H groups in total. The van der Waals surface area contributed by atoms with E-state index in [1.54, 1.807) is 21.3 Å². The minimum Gasteiger partial charge on any atom is -0.382 e. The Morgan fingerprint density at radius 1 is 0.486 bits per heavy atom. The Kier molecular flexibility index (Phi) is 20.8. The first-order valence-corrected chi connectivity index (χ1v) is 13.9. The minimum atomic E-state index is -3.85. The summed E-state index contributed by atoms with van der Waals surface area (Å²) in [6, 6.07) is 0. The van der Waals surface area contributed by atoms with Crippen LogP contribution in [0.1, 0.15) is 41.5 Å². The highest BCUT2D eigenvalue weighted by molar-refractivity contribution is 7.48. The maximum atomic E-state index is 13.2. The summed E-state index contributed by atoms with van der Waals surface area (Å²) in [5, 5.41) is 0. The van der Waals surface area contributed by atoms with E-state index in [9.17, 15) is 4.57 Å². The zero-order chi connectivity index (χ0) is 26.7. The average Bonchev–Trinajstić information content (AvgIpc) is 2.79. The molecule has 0 aromatic rings. The molecule has 0 aliphatic carbocycles. The van der Waals surface area contributed by atoms with Gasteiger partial charge in [-0.15, -0.1) is 0 Å². The quantitative estimate of drug-likeness (QED) is 0.133. The van der Waals surface area contributed by atoms with Crippen LogP contribution in [-0.2, 0) is 46.6 Å². The first-order chi connectivity index (χ1) is 16.6. The molecule has 11 heteroatoms. The molecule has 0 aliphatic heterocycles. The molecule has 0 radical (unpaired) electrons. The van der Waals surface area contributed by atoms with Gasteiger partial charge < -0.3 is 28.4 Å². The second-order valence-electron chi connectivity index (χ2n) is 9.27. The molecule has 0 fully saturated rings. The van der Waals surface area contributed by atoms with Gasteiger partial charge in [-0.25, -0.2) is 4.57 Å². The molecule has 10 nitrogen and oxygen atoms in total. The van der Waals surface area contributed by atoms with Gasteiger partial charge in [0.1, 0.15) is 0 Å². The van der Waals surface area contributed by atoms with Crippen LogP contribution in [0.2, 0.25) is 0 Å². The van der Waals surface area contributed by atoms with Gasteiger partial charge in [-0.05, 0) is 17.8 Å². The van der Waals surface area contributed by atoms with Crippen molar-refractivity contribution in [3.8, 4) is 0 Å². The zero-order valence-corrected chi connectivity index (χ0v) is 24.3. The molecule has 0 aliphatic rings. The lowest BCUT2D eigenvalue weighted by atomic mass is 10.1. The molecule has 3 unspecified atom stereocenters. The Morgan fingerprint density at radius 2 is 0.743 bits per heavy atom. The summed E-state index contributed by atoms with van der Waals surface area (Å²) in [7, 11) is 1.03. The summed E-state index contributed by atoms with van der Waals surface area (Å²) in [6.07, 6.45) is -0.266. The van der Waals surface area contributed by atoms with Gasteiger partial charge in [0.25, 0.3) is 0 Å². The molecule has 3 atom stereocenters.